The van der Waals surface area contributed by atoms with E-state index in [1.165, 1.54) is 17.3 Å². The lowest BCUT2D eigenvalue weighted by Gasteiger charge is -1.96. The van der Waals surface area contributed by atoms with Crippen LogP contribution in [0.3, 0.4) is 0 Å². The van der Waals surface area contributed by atoms with E-state index < -0.39 is 0 Å². The van der Waals surface area contributed by atoms with Gasteiger partial charge in [-0.15, -0.1) is 0 Å². The number of benzene rings is 1. The number of fused-ring (bicyclic) bond motifs is 1. The number of aromatic nitrogens is 2. The minimum absolute atomic E-state index is 1.02. The molecule has 0 saturated heterocycles. The van der Waals surface area contributed by atoms with Crippen molar-refractivity contribution in [1.82, 2.24) is 8.75 Å². The molecule has 0 amide bonds. The van der Waals surface area contributed by atoms with Crippen LogP contribution < -0.4 is 0 Å². The Kier molecular flexibility index (Phi) is 2.28. The first-order valence-corrected chi connectivity index (χ1v) is 5.73. The van der Waals surface area contributed by atoms with Crippen LogP contribution in [0.4, 0.5) is 0 Å². The molecular weight excluding hydrogens is 188 g/mol. The van der Waals surface area contributed by atoms with E-state index >= 15 is 0 Å². The van der Waals surface area contributed by atoms with Gasteiger partial charge in [0.2, 0.25) is 0 Å². The molecule has 0 unspecified atom stereocenters. The molecule has 0 N–H and O–H groups in total. The van der Waals surface area contributed by atoms with Crippen molar-refractivity contribution in [3.05, 3.63) is 23.8 Å². The van der Waals surface area contributed by atoms with Crippen LogP contribution in [0.1, 0.15) is 5.56 Å². The fourth-order valence-corrected chi connectivity index (χ4v) is 2.25. The highest BCUT2D eigenvalue weighted by molar-refractivity contribution is 7.97. The van der Waals surface area contributed by atoms with E-state index in [4.69, 9.17) is 0 Å². The van der Waals surface area contributed by atoms with E-state index in [0.717, 1.165) is 16.8 Å². The van der Waals surface area contributed by atoms with Gasteiger partial charge >= 0.3 is 0 Å². The standard InChI is InChI=1S/C8H8N2S2/c1-11-5-6-3-2-4-7-8(6)10-12-9-7/h2-4H,5H2,1H3. The van der Waals surface area contributed by atoms with E-state index in [9.17, 15) is 0 Å². The van der Waals surface area contributed by atoms with Gasteiger partial charge in [-0.05, 0) is 17.9 Å². The molecule has 2 aromatic rings. The number of hydrogen-bond donors (Lipinski definition) is 0. The van der Waals surface area contributed by atoms with Crippen LogP contribution in [0, 0.1) is 0 Å². The Morgan fingerprint density at radius 2 is 2.33 bits per heavy atom. The van der Waals surface area contributed by atoms with Crippen LogP contribution in [-0.2, 0) is 5.75 Å². The van der Waals surface area contributed by atoms with Gasteiger partial charge < -0.3 is 0 Å². The molecule has 0 spiro atoms. The monoisotopic (exact) mass is 196 g/mol. The maximum Gasteiger partial charge on any atom is 0.108 e. The topological polar surface area (TPSA) is 25.8 Å². The summed E-state index contributed by atoms with van der Waals surface area (Å²) in [7, 11) is 0. The fourth-order valence-electron chi connectivity index (χ4n) is 1.13. The molecule has 1 aromatic carbocycles. The lowest BCUT2D eigenvalue weighted by atomic mass is 10.2. The van der Waals surface area contributed by atoms with Gasteiger partial charge in [0.1, 0.15) is 11.0 Å². The third-order valence-electron chi connectivity index (χ3n) is 1.67. The van der Waals surface area contributed by atoms with Crippen LogP contribution in [0.15, 0.2) is 18.2 Å². The van der Waals surface area contributed by atoms with Crippen molar-refractivity contribution >= 4 is 34.5 Å². The van der Waals surface area contributed by atoms with Gasteiger partial charge in [-0.2, -0.15) is 20.5 Å². The molecule has 2 nitrogen and oxygen atoms in total. The molecule has 62 valence electrons. The van der Waals surface area contributed by atoms with Gasteiger partial charge in [-0.25, -0.2) is 0 Å². The Morgan fingerprint density at radius 1 is 1.42 bits per heavy atom. The zero-order chi connectivity index (χ0) is 8.39. The summed E-state index contributed by atoms with van der Waals surface area (Å²) in [4.78, 5) is 0. The Morgan fingerprint density at radius 3 is 3.17 bits per heavy atom. The van der Waals surface area contributed by atoms with Crippen molar-refractivity contribution in [2.24, 2.45) is 0 Å². The van der Waals surface area contributed by atoms with Gasteiger partial charge in [0.15, 0.2) is 0 Å². The lowest BCUT2D eigenvalue weighted by molar-refractivity contribution is 1.43. The second-order valence-corrected chi connectivity index (χ2v) is 3.88. The van der Waals surface area contributed by atoms with Gasteiger partial charge in [-0.3, -0.25) is 0 Å². The van der Waals surface area contributed by atoms with Crippen LogP contribution in [0.25, 0.3) is 11.0 Å². The molecule has 2 rings (SSSR count). The van der Waals surface area contributed by atoms with E-state index in [0.29, 0.717) is 0 Å². The smallest absolute Gasteiger partial charge is 0.108 e. The van der Waals surface area contributed by atoms with Crippen molar-refractivity contribution in [2.75, 3.05) is 6.26 Å². The first-order chi connectivity index (χ1) is 5.92. The SMILES string of the molecule is CSCc1cccc2nsnc12. The number of thioether (sulfide) groups is 1. The predicted molar refractivity (Wildman–Crippen MR) is 54.6 cm³/mol. The molecule has 0 saturated carbocycles. The van der Waals surface area contributed by atoms with E-state index in [1.54, 1.807) is 0 Å². The second-order valence-electron chi connectivity index (χ2n) is 2.48. The average molecular weight is 196 g/mol. The van der Waals surface area contributed by atoms with Crippen LogP contribution in [0.2, 0.25) is 0 Å². The van der Waals surface area contributed by atoms with Crippen molar-refractivity contribution in [3.63, 3.8) is 0 Å². The van der Waals surface area contributed by atoms with Gasteiger partial charge in [-0.1, -0.05) is 12.1 Å². The largest absolute Gasteiger partial charge is 0.173 e. The zero-order valence-electron chi connectivity index (χ0n) is 6.65. The minimum atomic E-state index is 1.02. The third kappa shape index (κ3) is 1.32. The van der Waals surface area contributed by atoms with Crippen LogP contribution in [0.5, 0.6) is 0 Å². The summed E-state index contributed by atoms with van der Waals surface area (Å²) >= 11 is 3.09. The van der Waals surface area contributed by atoms with Gasteiger partial charge in [0.05, 0.1) is 11.7 Å². The highest BCUT2D eigenvalue weighted by atomic mass is 32.2. The first kappa shape index (κ1) is 8.01. The van der Waals surface area contributed by atoms with Gasteiger partial charge in [0.25, 0.3) is 0 Å². The summed E-state index contributed by atoms with van der Waals surface area (Å²) in [6.45, 7) is 0. The zero-order valence-corrected chi connectivity index (χ0v) is 8.28. The van der Waals surface area contributed by atoms with E-state index in [-0.39, 0.29) is 0 Å². The predicted octanol–water partition coefficient (Wildman–Crippen LogP) is 2.55. The van der Waals surface area contributed by atoms with Gasteiger partial charge in [0, 0.05) is 5.75 Å². The molecule has 12 heavy (non-hydrogen) atoms. The molecule has 0 atom stereocenters. The quantitative estimate of drug-likeness (QED) is 0.738. The van der Waals surface area contributed by atoms with Crippen LogP contribution >= 0.6 is 23.5 Å². The summed E-state index contributed by atoms with van der Waals surface area (Å²) in [5.41, 5.74) is 3.37. The molecular formula is C8H8N2S2. The molecule has 0 aliphatic rings. The Labute approximate surface area is 79.3 Å². The number of hydrogen-bond acceptors (Lipinski definition) is 4. The summed E-state index contributed by atoms with van der Waals surface area (Å²) < 4.78 is 8.44. The highest BCUT2D eigenvalue weighted by Gasteiger charge is 2.02. The second kappa shape index (κ2) is 3.41. The highest BCUT2D eigenvalue weighted by Crippen LogP contribution is 2.19. The van der Waals surface area contributed by atoms with E-state index in [2.05, 4.69) is 21.1 Å². The van der Waals surface area contributed by atoms with E-state index in [1.807, 2.05) is 23.9 Å². The molecule has 0 bridgehead atoms. The maximum absolute atomic E-state index is 4.25. The first-order valence-electron chi connectivity index (χ1n) is 3.61. The lowest BCUT2D eigenvalue weighted by Crippen LogP contribution is -1.81. The summed E-state index contributed by atoms with van der Waals surface area (Å²) in [5.74, 6) is 1.02. The van der Waals surface area contributed by atoms with Crippen molar-refractivity contribution in [2.45, 2.75) is 5.75 Å². The number of nitrogens with zero attached hydrogens (tertiary/aromatic N) is 2. The summed E-state index contributed by atoms with van der Waals surface area (Å²) in [6.07, 6.45) is 2.10. The maximum atomic E-state index is 4.25. The molecule has 0 fully saturated rings. The third-order valence-corrected chi connectivity index (χ3v) is 2.81. The Balaban J connectivity index is 2.57. The van der Waals surface area contributed by atoms with Crippen molar-refractivity contribution in [1.29, 1.82) is 0 Å². The van der Waals surface area contributed by atoms with Crippen molar-refractivity contribution in [3.8, 4) is 0 Å². The molecule has 1 aromatic heterocycles. The molecule has 0 radical (unpaired) electrons. The van der Waals surface area contributed by atoms with Crippen molar-refractivity contribution < 1.29 is 0 Å². The van der Waals surface area contributed by atoms with Crippen LogP contribution in [-0.4, -0.2) is 15.0 Å². The molecule has 1 heterocycles. The molecule has 0 aliphatic heterocycles. The number of rotatable bonds is 2. The average Bonchev–Trinajstić information content (AvgIpc) is 2.53. The summed E-state index contributed by atoms with van der Waals surface area (Å²) in [5, 5.41) is 0. The fraction of sp³-hybridized carbons (Fsp3) is 0.250. The Bertz CT molecular complexity index is 383. The normalized spacial score (nSPS) is 10.8. The molecule has 4 heteroatoms. The minimum Gasteiger partial charge on any atom is -0.173 e. The molecule has 0 aliphatic carbocycles. The Hall–Kier alpha value is -0.610. The summed E-state index contributed by atoms with van der Waals surface area (Å²) in [6, 6.07) is 6.15.